The molecule has 2 fully saturated rings. The molecular weight excluding hydrogens is 257 g/mol. The summed E-state index contributed by atoms with van der Waals surface area (Å²) in [5, 5.41) is 3.60. The van der Waals surface area contributed by atoms with Gasteiger partial charge in [-0.15, -0.1) is 0 Å². The smallest absolute Gasteiger partial charge is 0.298 e. The summed E-state index contributed by atoms with van der Waals surface area (Å²) in [5.74, 6) is 0.400. The van der Waals surface area contributed by atoms with E-state index in [1.54, 1.807) is 6.07 Å². The molecule has 0 spiro atoms. The maximum atomic E-state index is 13.2. The molecule has 0 unspecified atom stereocenters. The third-order valence-electron chi connectivity index (χ3n) is 4.50. The zero-order valence-corrected chi connectivity index (χ0v) is 11.3. The van der Waals surface area contributed by atoms with Crippen molar-refractivity contribution in [2.75, 3.05) is 24.5 Å². The molecular formula is C15H18FN3O. The molecule has 0 saturated carbocycles. The molecule has 0 radical (unpaired) electrons. The first-order chi connectivity index (χ1) is 9.79. The number of nitrogens with zero attached hydrogens (tertiary/aromatic N) is 2. The van der Waals surface area contributed by atoms with Crippen LogP contribution in [0.3, 0.4) is 0 Å². The summed E-state index contributed by atoms with van der Waals surface area (Å²) in [6.07, 6.45) is 3.63. The Morgan fingerprint density at radius 2 is 2.30 bits per heavy atom. The van der Waals surface area contributed by atoms with E-state index < -0.39 is 0 Å². The number of fused-ring (bicyclic) bond motifs is 2. The zero-order valence-electron chi connectivity index (χ0n) is 11.3. The van der Waals surface area contributed by atoms with Crippen molar-refractivity contribution in [1.29, 1.82) is 0 Å². The Morgan fingerprint density at radius 3 is 3.25 bits per heavy atom. The molecule has 5 heteroatoms. The first kappa shape index (κ1) is 12.1. The second kappa shape index (κ2) is 4.74. The molecule has 2 aliphatic heterocycles. The predicted molar refractivity (Wildman–Crippen MR) is 75.3 cm³/mol. The van der Waals surface area contributed by atoms with Crippen LogP contribution in [0.4, 0.5) is 10.4 Å². The molecule has 20 heavy (non-hydrogen) atoms. The highest BCUT2D eigenvalue weighted by molar-refractivity contribution is 5.74. The average Bonchev–Trinajstić information content (AvgIpc) is 2.89. The minimum absolute atomic E-state index is 0.271. The third-order valence-corrected chi connectivity index (χ3v) is 4.50. The van der Waals surface area contributed by atoms with Crippen LogP contribution < -0.4 is 10.2 Å². The molecule has 2 aromatic rings. The van der Waals surface area contributed by atoms with Crippen molar-refractivity contribution < 1.29 is 8.81 Å². The van der Waals surface area contributed by atoms with Gasteiger partial charge in [0.1, 0.15) is 11.3 Å². The highest BCUT2D eigenvalue weighted by atomic mass is 19.1. The molecule has 4 nitrogen and oxygen atoms in total. The van der Waals surface area contributed by atoms with Crippen LogP contribution in [0.15, 0.2) is 22.6 Å². The topological polar surface area (TPSA) is 41.3 Å². The molecule has 0 bridgehead atoms. The first-order valence-electron chi connectivity index (χ1n) is 7.34. The fourth-order valence-corrected chi connectivity index (χ4v) is 3.44. The van der Waals surface area contributed by atoms with Crippen molar-refractivity contribution in [2.45, 2.75) is 25.3 Å². The van der Waals surface area contributed by atoms with Gasteiger partial charge in [0.25, 0.3) is 6.01 Å². The molecule has 2 atom stereocenters. The number of anilines is 1. The summed E-state index contributed by atoms with van der Waals surface area (Å²) in [4.78, 5) is 6.63. The van der Waals surface area contributed by atoms with Crippen molar-refractivity contribution in [2.24, 2.45) is 5.92 Å². The van der Waals surface area contributed by atoms with Crippen molar-refractivity contribution in [3.8, 4) is 0 Å². The molecule has 4 rings (SSSR count). The van der Waals surface area contributed by atoms with Gasteiger partial charge in [-0.3, -0.25) is 0 Å². The Bertz CT molecular complexity index is 627. The lowest BCUT2D eigenvalue weighted by atomic mass is 9.85. The van der Waals surface area contributed by atoms with Crippen LogP contribution in [0.2, 0.25) is 0 Å². The number of nitrogens with one attached hydrogen (secondary N) is 1. The Kier molecular flexibility index (Phi) is 2.88. The maximum absolute atomic E-state index is 13.2. The average molecular weight is 275 g/mol. The van der Waals surface area contributed by atoms with E-state index in [-0.39, 0.29) is 5.82 Å². The summed E-state index contributed by atoms with van der Waals surface area (Å²) >= 11 is 0. The van der Waals surface area contributed by atoms with Crippen molar-refractivity contribution in [3.05, 3.63) is 24.0 Å². The third kappa shape index (κ3) is 2.06. The van der Waals surface area contributed by atoms with E-state index in [1.807, 2.05) is 0 Å². The van der Waals surface area contributed by atoms with Gasteiger partial charge in [-0.05, 0) is 43.9 Å². The van der Waals surface area contributed by atoms with Crippen LogP contribution in [-0.2, 0) is 0 Å². The normalized spacial score (nSPS) is 26.8. The second-order valence-electron chi connectivity index (χ2n) is 5.81. The van der Waals surface area contributed by atoms with Crippen molar-refractivity contribution >= 4 is 17.1 Å². The number of halogens is 1. The minimum atomic E-state index is -0.271. The number of aromatic nitrogens is 1. The standard InChI is InChI=1S/C15H18FN3O/c16-11-3-4-14-13(8-11)18-15(20-14)19-7-5-12-10(9-19)2-1-6-17-12/h3-4,8,10,12,17H,1-2,5-7,9H2/t10-,12+/m1/s1. The molecule has 0 amide bonds. The number of hydrogen-bond donors (Lipinski definition) is 1. The summed E-state index contributed by atoms with van der Waals surface area (Å²) < 4.78 is 19.0. The van der Waals surface area contributed by atoms with E-state index in [1.165, 1.54) is 25.0 Å². The molecule has 3 heterocycles. The molecule has 106 valence electrons. The van der Waals surface area contributed by atoms with Crippen LogP contribution in [-0.4, -0.2) is 30.7 Å². The number of benzene rings is 1. The quantitative estimate of drug-likeness (QED) is 0.868. The van der Waals surface area contributed by atoms with Crippen molar-refractivity contribution in [3.63, 3.8) is 0 Å². The minimum Gasteiger partial charge on any atom is -0.423 e. The number of oxazole rings is 1. The lowest BCUT2D eigenvalue weighted by Crippen LogP contribution is -2.52. The monoisotopic (exact) mass is 275 g/mol. The van der Waals surface area contributed by atoms with Crippen LogP contribution in [0.5, 0.6) is 0 Å². The Balaban J connectivity index is 1.59. The van der Waals surface area contributed by atoms with Gasteiger partial charge in [0.2, 0.25) is 0 Å². The van der Waals surface area contributed by atoms with Crippen molar-refractivity contribution in [1.82, 2.24) is 10.3 Å². The molecule has 0 aliphatic carbocycles. The van der Waals surface area contributed by atoms with Crippen LogP contribution in [0.25, 0.3) is 11.1 Å². The largest absolute Gasteiger partial charge is 0.423 e. The zero-order chi connectivity index (χ0) is 13.5. The highest BCUT2D eigenvalue weighted by Gasteiger charge is 2.32. The van der Waals surface area contributed by atoms with Gasteiger partial charge in [0.05, 0.1) is 0 Å². The van der Waals surface area contributed by atoms with E-state index in [0.717, 1.165) is 26.1 Å². The SMILES string of the molecule is Fc1ccc2oc(N3CC[C@@H]4NCCC[C@@H]4C3)nc2c1. The van der Waals surface area contributed by atoms with Gasteiger partial charge >= 0.3 is 0 Å². The number of piperidine rings is 2. The van der Waals surface area contributed by atoms with Gasteiger partial charge < -0.3 is 14.6 Å². The lowest BCUT2D eigenvalue weighted by molar-refractivity contribution is 0.240. The molecule has 1 N–H and O–H groups in total. The van der Waals surface area contributed by atoms with E-state index in [9.17, 15) is 4.39 Å². The Labute approximate surface area is 117 Å². The summed E-state index contributed by atoms with van der Waals surface area (Å²) in [6, 6.07) is 5.76. The predicted octanol–water partition coefficient (Wildman–Crippen LogP) is 2.55. The maximum Gasteiger partial charge on any atom is 0.298 e. The van der Waals surface area contributed by atoms with Gasteiger partial charge in [0.15, 0.2) is 5.58 Å². The highest BCUT2D eigenvalue weighted by Crippen LogP contribution is 2.30. The molecule has 2 aliphatic rings. The van der Waals surface area contributed by atoms with E-state index in [0.29, 0.717) is 29.1 Å². The van der Waals surface area contributed by atoms with Gasteiger partial charge in [-0.25, -0.2) is 4.39 Å². The molecule has 1 aromatic heterocycles. The van der Waals surface area contributed by atoms with Crippen LogP contribution in [0.1, 0.15) is 19.3 Å². The van der Waals surface area contributed by atoms with Crippen LogP contribution >= 0.6 is 0 Å². The summed E-state index contributed by atoms with van der Waals surface area (Å²) in [5.41, 5.74) is 1.26. The summed E-state index contributed by atoms with van der Waals surface area (Å²) in [7, 11) is 0. The molecule has 1 aromatic carbocycles. The van der Waals surface area contributed by atoms with E-state index in [4.69, 9.17) is 4.42 Å². The Morgan fingerprint density at radius 1 is 1.35 bits per heavy atom. The fourth-order valence-electron chi connectivity index (χ4n) is 3.44. The first-order valence-corrected chi connectivity index (χ1v) is 7.34. The van der Waals surface area contributed by atoms with Gasteiger partial charge in [-0.2, -0.15) is 4.98 Å². The summed E-state index contributed by atoms with van der Waals surface area (Å²) in [6.45, 7) is 3.07. The number of rotatable bonds is 1. The van der Waals surface area contributed by atoms with Gasteiger partial charge in [-0.1, -0.05) is 0 Å². The van der Waals surface area contributed by atoms with Gasteiger partial charge in [0, 0.05) is 25.2 Å². The fraction of sp³-hybridized carbons (Fsp3) is 0.533. The molecule has 2 saturated heterocycles. The Hall–Kier alpha value is -1.62. The lowest BCUT2D eigenvalue weighted by Gasteiger charge is -2.41. The van der Waals surface area contributed by atoms with Crippen LogP contribution in [0, 0.1) is 11.7 Å². The van der Waals surface area contributed by atoms with E-state index >= 15 is 0 Å². The second-order valence-corrected chi connectivity index (χ2v) is 5.81. The van der Waals surface area contributed by atoms with E-state index in [2.05, 4.69) is 15.2 Å². The number of hydrogen-bond acceptors (Lipinski definition) is 4.